The number of allylic oxidation sites excluding steroid dienone is 1. The van der Waals surface area contributed by atoms with Crippen molar-refractivity contribution in [3.05, 3.63) is 47.3 Å². The van der Waals surface area contributed by atoms with Crippen LogP contribution in [0, 0.1) is 52.3 Å². The third-order valence-corrected chi connectivity index (χ3v) is 14.1. The van der Waals surface area contributed by atoms with E-state index in [2.05, 4.69) is 71.4 Å². The topological polar surface area (TPSA) is 62.2 Å². The number of ketones is 1. The molecule has 4 fully saturated rings. The van der Waals surface area contributed by atoms with Gasteiger partial charge in [0.15, 0.2) is 5.78 Å². The number of fused-ring (bicyclic) bond motifs is 7. The van der Waals surface area contributed by atoms with Crippen molar-refractivity contribution in [1.29, 1.82) is 0 Å². The lowest BCUT2D eigenvalue weighted by atomic mass is 9.33. The Morgan fingerprint density at radius 1 is 0.976 bits per heavy atom. The van der Waals surface area contributed by atoms with Crippen molar-refractivity contribution < 1.29 is 9.90 Å². The molecule has 224 valence electrons. The Kier molecular flexibility index (Phi) is 6.60. The third-order valence-electron chi connectivity index (χ3n) is 14.1. The minimum atomic E-state index is -0.343. The Bertz CT molecular complexity index is 1290. The first kappa shape index (κ1) is 29.1. The largest absolute Gasteiger partial charge is 0.393 e. The number of pyridine rings is 1. The van der Waals surface area contributed by atoms with Gasteiger partial charge in [0.2, 0.25) is 0 Å². The summed E-state index contributed by atoms with van der Waals surface area (Å²) in [7, 11) is 0. The highest BCUT2D eigenvalue weighted by Gasteiger charge is 2.70. The summed E-state index contributed by atoms with van der Waals surface area (Å²) in [5.41, 5.74) is 5.65. The molecule has 4 heteroatoms. The van der Waals surface area contributed by atoms with E-state index in [9.17, 15) is 9.90 Å². The minimum Gasteiger partial charge on any atom is -0.393 e. The van der Waals surface area contributed by atoms with Gasteiger partial charge in [0.05, 0.1) is 11.6 Å². The quantitative estimate of drug-likeness (QED) is 0.392. The summed E-state index contributed by atoms with van der Waals surface area (Å²) in [6, 6.07) is 4.14. The second-order valence-electron chi connectivity index (χ2n) is 16.4. The number of aliphatic hydroxyl groups excluding tert-OH is 1. The molecule has 1 unspecified atom stereocenters. The first-order chi connectivity index (χ1) is 19.1. The van der Waals surface area contributed by atoms with Crippen LogP contribution in [0.15, 0.2) is 36.1 Å². The van der Waals surface area contributed by atoms with Crippen molar-refractivity contribution in [2.24, 2.45) is 45.3 Å². The lowest BCUT2D eigenvalue weighted by Crippen LogP contribution is -2.66. The fraction of sp³-hybridized carbons (Fsp3) is 0.730. The van der Waals surface area contributed by atoms with E-state index < -0.39 is 0 Å². The van der Waals surface area contributed by atoms with Crippen molar-refractivity contribution in [1.82, 2.24) is 10.3 Å². The standard InChI is InChI=1S/C37H54N2O2/c1-22(2)31-27(40)20-37(39-24(4)25-11-10-23(3)38-21-25)19-18-35(8)26(32(31)37)12-13-29-34(7)16-15-30(41)33(5,6)28(34)14-17-36(29,35)9/h10-11,21-22,26,28-30,39,41H,4,12-20H2,1-3,5-9H3/t26-,28+,29-,30+,34+,35-,36-,37?/m1/s1. The van der Waals surface area contributed by atoms with Crippen molar-refractivity contribution in [3.63, 3.8) is 0 Å². The Balaban J connectivity index is 1.40. The zero-order valence-corrected chi connectivity index (χ0v) is 27.0. The number of aliphatic hydroxyl groups is 1. The van der Waals surface area contributed by atoms with E-state index in [4.69, 9.17) is 0 Å². The highest BCUT2D eigenvalue weighted by atomic mass is 16.3. The SMILES string of the molecule is C=C(NC12CC[C@]3(C)[C@H](CC[C@@H]4[C@@]5(C)CC[C@H](O)C(C)(C)[C@@H]5CC[C@]43C)C1=C(C(C)C)C(=O)C2)c1ccc(C)nc1. The molecule has 5 aliphatic rings. The van der Waals surface area contributed by atoms with E-state index in [-0.39, 0.29) is 39.2 Å². The number of nitrogens with zero attached hydrogens (tertiary/aromatic N) is 1. The Hall–Kier alpha value is -1.94. The van der Waals surface area contributed by atoms with Crippen LogP contribution in [0.25, 0.3) is 5.70 Å². The van der Waals surface area contributed by atoms with Crippen LogP contribution in [-0.4, -0.2) is 27.5 Å². The van der Waals surface area contributed by atoms with Crippen LogP contribution >= 0.6 is 0 Å². The normalized spacial score (nSPS) is 43.2. The number of Topliss-reactive ketones (excluding diaryl/α,β-unsaturated/α-hetero) is 1. The first-order valence-electron chi connectivity index (χ1n) is 16.5. The monoisotopic (exact) mass is 558 g/mol. The summed E-state index contributed by atoms with van der Waals surface area (Å²) in [5.74, 6) is 2.17. The summed E-state index contributed by atoms with van der Waals surface area (Å²) in [5, 5.41) is 14.9. The Labute approximate surface area is 248 Å². The molecule has 0 amide bonds. The Morgan fingerprint density at radius 3 is 2.37 bits per heavy atom. The molecule has 1 aromatic rings. The molecule has 1 heterocycles. The van der Waals surface area contributed by atoms with E-state index in [0.29, 0.717) is 30.0 Å². The highest BCUT2D eigenvalue weighted by Crippen LogP contribution is 2.75. The molecule has 0 spiro atoms. The molecule has 1 aromatic heterocycles. The number of carbonyl (C=O) groups excluding carboxylic acids is 1. The summed E-state index contributed by atoms with van der Waals surface area (Å²) in [4.78, 5) is 18.4. The lowest BCUT2D eigenvalue weighted by molar-refractivity contribution is -0.226. The molecule has 2 N–H and O–H groups in total. The van der Waals surface area contributed by atoms with Gasteiger partial charge >= 0.3 is 0 Å². The maximum absolute atomic E-state index is 13.9. The maximum atomic E-state index is 13.9. The van der Waals surface area contributed by atoms with Crippen molar-refractivity contribution in [2.45, 2.75) is 125 Å². The van der Waals surface area contributed by atoms with Gasteiger partial charge in [-0.05, 0) is 127 Å². The number of nitrogens with one attached hydrogen (secondary N) is 1. The molecule has 0 radical (unpaired) electrons. The van der Waals surface area contributed by atoms with Gasteiger partial charge in [-0.1, -0.05) is 55.0 Å². The molecular weight excluding hydrogens is 504 g/mol. The van der Waals surface area contributed by atoms with Crippen LogP contribution in [0.4, 0.5) is 0 Å². The van der Waals surface area contributed by atoms with Crippen molar-refractivity contribution in [3.8, 4) is 0 Å². The maximum Gasteiger partial charge on any atom is 0.161 e. The number of rotatable bonds is 4. The van der Waals surface area contributed by atoms with Gasteiger partial charge in [0.25, 0.3) is 0 Å². The van der Waals surface area contributed by atoms with Gasteiger partial charge in [0.1, 0.15) is 0 Å². The number of aryl methyl sites for hydroxylation is 1. The fourth-order valence-corrected chi connectivity index (χ4v) is 11.7. The van der Waals surface area contributed by atoms with E-state index in [1.54, 1.807) is 0 Å². The lowest BCUT2D eigenvalue weighted by Gasteiger charge is -2.72. The first-order valence-corrected chi connectivity index (χ1v) is 16.5. The number of hydrogen-bond acceptors (Lipinski definition) is 4. The van der Waals surface area contributed by atoms with Crippen LogP contribution in [0.5, 0.6) is 0 Å². The van der Waals surface area contributed by atoms with E-state index in [1.165, 1.54) is 24.8 Å². The van der Waals surface area contributed by atoms with Crippen molar-refractivity contribution >= 4 is 11.5 Å². The molecule has 41 heavy (non-hydrogen) atoms. The zero-order valence-electron chi connectivity index (χ0n) is 27.0. The van der Waals surface area contributed by atoms with Gasteiger partial charge < -0.3 is 10.4 Å². The van der Waals surface area contributed by atoms with E-state index >= 15 is 0 Å². The predicted octanol–water partition coefficient (Wildman–Crippen LogP) is 8.04. The van der Waals surface area contributed by atoms with Gasteiger partial charge in [-0.3, -0.25) is 9.78 Å². The number of hydrogen-bond donors (Lipinski definition) is 2. The summed E-state index contributed by atoms with van der Waals surface area (Å²) in [6.07, 6.45) is 11.2. The number of carbonyl (C=O) groups is 1. The molecule has 0 aliphatic heterocycles. The van der Waals surface area contributed by atoms with Gasteiger partial charge in [-0.2, -0.15) is 0 Å². The Morgan fingerprint density at radius 2 is 1.71 bits per heavy atom. The molecular formula is C37H54N2O2. The summed E-state index contributed by atoms with van der Waals surface area (Å²) >= 11 is 0. The summed E-state index contributed by atoms with van der Waals surface area (Å²) in [6.45, 7) is 23.4. The second-order valence-corrected chi connectivity index (χ2v) is 16.4. The average molecular weight is 559 g/mol. The molecule has 0 aromatic carbocycles. The van der Waals surface area contributed by atoms with Crippen LogP contribution in [0.1, 0.15) is 118 Å². The number of aromatic nitrogens is 1. The fourth-order valence-electron chi connectivity index (χ4n) is 11.7. The second kappa shape index (κ2) is 9.28. The highest BCUT2D eigenvalue weighted by molar-refractivity contribution is 6.01. The van der Waals surface area contributed by atoms with Crippen LogP contribution in [-0.2, 0) is 4.79 Å². The zero-order chi connectivity index (χ0) is 29.8. The van der Waals surface area contributed by atoms with Crippen LogP contribution in [0.2, 0.25) is 0 Å². The van der Waals surface area contributed by atoms with Gasteiger partial charge in [-0.15, -0.1) is 0 Å². The molecule has 8 atom stereocenters. The third kappa shape index (κ3) is 3.87. The molecule has 5 aliphatic carbocycles. The molecule has 6 rings (SSSR count). The van der Waals surface area contributed by atoms with Gasteiger partial charge in [-0.25, -0.2) is 0 Å². The molecule has 0 saturated heterocycles. The minimum absolute atomic E-state index is 0.0336. The smallest absolute Gasteiger partial charge is 0.161 e. The van der Waals surface area contributed by atoms with E-state index in [0.717, 1.165) is 54.6 Å². The van der Waals surface area contributed by atoms with Crippen molar-refractivity contribution in [2.75, 3.05) is 0 Å². The summed E-state index contributed by atoms with van der Waals surface area (Å²) < 4.78 is 0. The molecule has 4 nitrogen and oxygen atoms in total. The predicted molar refractivity (Wildman–Crippen MR) is 167 cm³/mol. The van der Waals surface area contributed by atoms with Crippen LogP contribution < -0.4 is 5.32 Å². The molecule has 0 bridgehead atoms. The van der Waals surface area contributed by atoms with Crippen LogP contribution in [0.3, 0.4) is 0 Å². The average Bonchev–Trinajstić information content (AvgIpc) is 3.19. The molecule has 4 saturated carbocycles. The van der Waals surface area contributed by atoms with E-state index in [1.807, 2.05) is 19.2 Å². The van der Waals surface area contributed by atoms with Gasteiger partial charge in [0, 0.05) is 29.6 Å².